The molecule has 1 aromatic heterocycles. The molecule has 1 aliphatic rings. The van der Waals surface area contributed by atoms with Crippen LogP contribution in [0.1, 0.15) is 38.0 Å². The molecule has 4 aromatic rings. The number of esters is 2. The zero-order valence-electron chi connectivity index (χ0n) is 22.4. The van der Waals surface area contributed by atoms with Gasteiger partial charge in [-0.15, -0.1) is 0 Å². The SMILES string of the molecule is C[C@]1(F)[C@H](OC(=O)c2ccccc2)[C@@H](COC(=O)c2ccccc2)O[C@H]1N(C(=O)c1ccccc1)c1cc[nH]c(=O)n1. The number of hydrogen-bond donors (Lipinski definition) is 1. The van der Waals surface area contributed by atoms with Gasteiger partial charge in [-0.3, -0.25) is 9.69 Å². The van der Waals surface area contributed by atoms with E-state index in [2.05, 4.69) is 9.97 Å². The normalized spacial score (nSPS) is 21.3. The first-order valence-electron chi connectivity index (χ1n) is 13.0. The van der Waals surface area contributed by atoms with Crippen LogP contribution in [0.15, 0.2) is 108 Å². The first kappa shape index (κ1) is 28.4. The summed E-state index contributed by atoms with van der Waals surface area (Å²) in [5.74, 6) is -2.47. The Bertz CT molecular complexity index is 1610. The van der Waals surface area contributed by atoms with Crippen molar-refractivity contribution in [1.82, 2.24) is 9.97 Å². The molecule has 0 radical (unpaired) electrons. The Hall–Kier alpha value is -5.16. The quantitative estimate of drug-likeness (QED) is 0.315. The molecule has 214 valence electrons. The number of aromatic nitrogens is 2. The molecule has 1 amide bonds. The highest BCUT2D eigenvalue weighted by Gasteiger charge is 2.61. The molecule has 42 heavy (non-hydrogen) atoms. The molecular weight excluding hydrogens is 545 g/mol. The van der Waals surface area contributed by atoms with Crippen molar-refractivity contribution in [3.05, 3.63) is 130 Å². The third-order valence-corrected chi connectivity index (χ3v) is 6.69. The number of H-pyrrole nitrogens is 1. The number of rotatable bonds is 8. The summed E-state index contributed by atoms with van der Waals surface area (Å²) in [6, 6.07) is 25.4. The number of nitrogens with zero attached hydrogens (tertiary/aromatic N) is 2. The van der Waals surface area contributed by atoms with Gasteiger partial charge in [0.05, 0.1) is 11.1 Å². The lowest BCUT2D eigenvalue weighted by atomic mass is 9.96. The van der Waals surface area contributed by atoms with Gasteiger partial charge in [0.2, 0.25) is 0 Å². The van der Waals surface area contributed by atoms with Crippen molar-refractivity contribution in [3.63, 3.8) is 0 Å². The molecule has 0 unspecified atom stereocenters. The second kappa shape index (κ2) is 12.1. The number of carbonyl (C=O) groups is 3. The van der Waals surface area contributed by atoms with Crippen LogP contribution in [0.5, 0.6) is 0 Å². The average molecular weight is 572 g/mol. The predicted molar refractivity (Wildman–Crippen MR) is 149 cm³/mol. The number of carbonyl (C=O) groups excluding carboxylic acids is 3. The van der Waals surface area contributed by atoms with Gasteiger partial charge in [0, 0.05) is 11.8 Å². The van der Waals surface area contributed by atoms with Crippen LogP contribution in [-0.2, 0) is 14.2 Å². The minimum Gasteiger partial charge on any atom is -0.459 e. The maximum atomic E-state index is 17.0. The second-order valence-corrected chi connectivity index (χ2v) is 9.63. The number of halogens is 1. The van der Waals surface area contributed by atoms with Gasteiger partial charge in [-0.25, -0.2) is 18.8 Å². The average Bonchev–Trinajstić information content (AvgIpc) is 3.25. The fourth-order valence-corrected chi connectivity index (χ4v) is 4.62. The highest BCUT2D eigenvalue weighted by Crippen LogP contribution is 2.41. The third kappa shape index (κ3) is 5.96. The minimum absolute atomic E-state index is 0.158. The number of anilines is 1. The zero-order valence-corrected chi connectivity index (χ0v) is 22.4. The Morgan fingerprint density at radius 3 is 2.00 bits per heavy atom. The molecule has 0 bridgehead atoms. The minimum atomic E-state index is -2.57. The summed E-state index contributed by atoms with van der Waals surface area (Å²) in [5, 5.41) is 0. The van der Waals surface area contributed by atoms with E-state index in [0.29, 0.717) is 0 Å². The van der Waals surface area contributed by atoms with E-state index >= 15 is 4.39 Å². The van der Waals surface area contributed by atoms with Crippen molar-refractivity contribution in [1.29, 1.82) is 0 Å². The van der Waals surface area contributed by atoms with Gasteiger partial charge in [-0.2, -0.15) is 4.98 Å². The fourth-order valence-electron chi connectivity index (χ4n) is 4.62. The fraction of sp³-hybridized carbons (Fsp3) is 0.194. The molecule has 5 rings (SSSR count). The first-order chi connectivity index (χ1) is 20.3. The van der Waals surface area contributed by atoms with Crippen molar-refractivity contribution < 1.29 is 33.0 Å². The maximum Gasteiger partial charge on any atom is 0.346 e. The highest BCUT2D eigenvalue weighted by atomic mass is 19.1. The summed E-state index contributed by atoms with van der Waals surface area (Å²) in [6.07, 6.45) is -3.45. The van der Waals surface area contributed by atoms with E-state index in [1.54, 1.807) is 66.7 Å². The number of hydrogen-bond acceptors (Lipinski definition) is 8. The second-order valence-electron chi connectivity index (χ2n) is 9.63. The number of benzene rings is 3. The third-order valence-electron chi connectivity index (χ3n) is 6.69. The molecule has 1 saturated heterocycles. The van der Waals surface area contributed by atoms with Crippen molar-refractivity contribution in [2.24, 2.45) is 0 Å². The molecule has 1 fully saturated rings. The van der Waals surface area contributed by atoms with Gasteiger partial charge >= 0.3 is 17.6 Å². The van der Waals surface area contributed by atoms with Crippen LogP contribution in [-0.4, -0.2) is 58.5 Å². The summed E-state index contributed by atoms with van der Waals surface area (Å²) >= 11 is 0. The van der Waals surface area contributed by atoms with Crippen molar-refractivity contribution >= 4 is 23.7 Å². The Morgan fingerprint density at radius 1 is 0.881 bits per heavy atom. The van der Waals surface area contributed by atoms with Crippen LogP contribution in [0.25, 0.3) is 0 Å². The molecule has 0 saturated carbocycles. The predicted octanol–water partition coefficient (Wildman–Crippen LogP) is 3.95. The van der Waals surface area contributed by atoms with Crippen LogP contribution < -0.4 is 10.6 Å². The molecule has 3 aromatic carbocycles. The number of alkyl halides is 1. The van der Waals surface area contributed by atoms with Gasteiger partial charge in [0.15, 0.2) is 18.0 Å². The van der Waals surface area contributed by atoms with Crippen molar-refractivity contribution in [2.45, 2.75) is 31.0 Å². The van der Waals surface area contributed by atoms with E-state index in [0.717, 1.165) is 11.8 Å². The number of aromatic amines is 1. The van der Waals surface area contributed by atoms with E-state index in [-0.39, 0.29) is 22.5 Å². The molecule has 10 nitrogen and oxygen atoms in total. The molecule has 0 aliphatic carbocycles. The summed E-state index contributed by atoms with van der Waals surface area (Å²) < 4.78 is 34.1. The summed E-state index contributed by atoms with van der Waals surface area (Å²) in [7, 11) is 0. The number of ether oxygens (including phenoxy) is 3. The lowest BCUT2D eigenvalue weighted by Crippen LogP contribution is -2.54. The summed E-state index contributed by atoms with van der Waals surface area (Å²) in [4.78, 5) is 58.7. The Balaban J connectivity index is 1.51. The maximum absolute atomic E-state index is 17.0. The molecule has 1 aliphatic heterocycles. The van der Waals surface area contributed by atoms with E-state index < -0.39 is 54.2 Å². The van der Waals surface area contributed by atoms with Crippen LogP contribution in [0.4, 0.5) is 10.2 Å². The largest absolute Gasteiger partial charge is 0.459 e. The summed E-state index contributed by atoms with van der Waals surface area (Å²) in [5.41, 5.74) is -2.77. The lowest BCUT2D eigenvalue weighted by molar-refractivity contribution is -0.0442. The standard InChI is InChI=1S/C31H26FN3O7/c1-31(32)25(42-28(38)22-15-9-4-10-16-22)23(19-40-27(37)21-13-7-3-8-14-21)41-29(31)35(24-17-18-33-30(39)34-24)26(36)20-11-5-2-6-12-20/h2-18,23,25,29H,19H2,1H3,(H,33,34,39)/t23-,25-,29-,31+/m1/s1. The van der Waals surface area contributed by atoms with Gasteiger partial charge in [0.25, 0.3) is 5.91 Å². The topological polar surface area (TPSA) is 128 Å². The van der Waals surface area contributed by atoms with Crippen molar-refractivity contribution in [3.8, 4) is 0 Å². The lowest BCUT2D eigenvalue weighted by Gasteiger charge is -2.34. The Labute approximate surface area is 239 Å². The van der Waals surface area contributed by atoms with Gasteiger partial charge in [-0.05, 0) is 49.4 Å². The number of amides is 1. The van der Waals surface area contributed by atoms with Crippen LogP contribution in [0.2, 0.25) is 0 Å². The molecule has 1 N–H and O–H groups in total. The van der Waals surface area contributed by atoms with Crippen molar-refractivity contribution in [2.75, 3.05) is 11.5 Å². The molecule has 4 atom stereocenters. The first-order valence-corrected chi connectivity index (χ1v) is 13.0. The van der Waals surface area contributed by atoms with E-state index in [4.69, 9.17) is 14.2 Å². The molecule has 11 heteroatoms. The van der Waals surface area contributed by atoms with Crippen LogP contribution >= 0.6 is 0 Å². The van der Waals surface area contributed by atoms with Crippen LogP contribution in [0.3, 0.4) is 0 Å². The Morgan fingerprint density at radius 2 is 1.43 bits per heavy atom. The molecule has 0 spiro atoms. The monoisotopic (exact) mass is 571 g/mol. The Kier molecular flexibility index (Phi) is 8.21. The smallest absolute Gasteiger partial charge is 0.346 e. The molecule has 2 heterocycles. The number of nitrogens with one attached hydrogen (secondary N) is 1. The molecular formula is C31H26FN3O7. The van der Waals surface area contributed by atoms with E-state index in [9.17, 15) is 19.2 Å². The van der Waals surface area contributed by atoms with E-state index in [1.807, 2.05) is 0 Å². The van der Waals surface area contributed by atoms with Gasteiger partial charge in [-0.1, -0.05) is 54.6 Å². The zero-order chi connectivity index (χ0) is 29.7. The summed E-state index contributed by atoms with van der Waals surface area (Å²) in [6.45, 7) is 0.602. The van der Waals surface area contributed by atoms with Gasteiger partial charge < -0.3 is 19.2 Å². The highest BCUT2D eigenvalue weighted by molar-refractivity contribution is 6.06. The van der Waals surface area contributed by atoms with Gasteiger partial charge in [0.1, 0.15) is 18.5 Å². The van der Waals surface area contributed by atoms with Crippen LogP contribution in [0, 0.1) is 0 Å². The van der Waals surface area contributed by atoms with E-state index in [1.165, 1.54) is 36.5 Å².